The Hall–Kier alpha value is -1.08. The Bertz CT molecular complexity index is 656. The quantitative estimate of drug-likeness (QED) is 0.885. The summed E-state index contributed by atoms with van der Waals surface area (Å²) in [5.74, 6) is 1.66. The molecule has 4 nitrogen and oxygen atoms in total. The molecule has 2 aliphatic heterocycles. The molecule has 1 saturated heterocycles. The molecular formula is C16H17BrN2O2S. The first kappa shape index (κ1) is 14.5. The van der Waals surface area contributed by atoms with Gasteiger partial charge in [-0.15, -0.1) is 11.3 Å². The molecule has 1 N–H and O–H groups in total. The Balaban J connectivity index is 1.77. The number of nitrogens with zero attached hydrogens (tertiary/aromatic N) is 1. The third-order valence-electron chi connectivity index (χ3n) is 4.12. The SMILES string of the molecule is Brc1cc2c(cc1[C@@H](c1cccs1)N1CCNCC1)OCO2. The van der Waals surface area contributed by atoms with E-state index < -0.39 is 0 Å². The van der Waals surface area contributed by atoms with Crippen molar-refractivity contribution in [1.29, 1.82) is 0 Å². The molecule has 1 atom stereocenters. The number of nitrogens with one attached hydrogen (secondary N) is 1. The molecule has 1 aromatic carbocycles. The van der Waals surface area contributed by atoms with Gasteiger partial charge in [-0.1, -0.05) is 22.0 Å². The number of piperazine rings is 1. The Morgan fingerprint density at radius 3 is 2.68 bits per heavy atom. The molecule has 3 heterocycles. The minimum atomic E-state index is 0.256. The summed E-state index contributed by atoms with van der Waals surface area (Å²) in [6.45, 7) is 4.46. The molecule has 0 bridgehead atoms. The van der Waals surface area contributed by atoms with Gasteiger partial charge in [0.1, 0.15) is 0 Å². The predicted octanol–water partition coefficient (Wildman–Crippen LogP) is 3.23. The summed E-state index contributed by atoms with van der Waals surface area (Å²) in [5, 5.41) is 5.57. The minimum absolute atomic E-state index is 0.256. The van der Waals surface area contributed by atoms with Crippen molar-refractivity contribution in [3.8, 4) is 11.5 Å². The van der Waals surface area contributed by atoms with Gasteiger partial charge < -0.3 is 14.8 Å². The van der Waals surface area contributed by atoms with E-state index in [0.717, 1.165) is 42.2 Å². The van der Waals surface area contributed by atoms with Gasteiger partial charge in [-0.2, -0.15) is 0 Å². The van der Waals surface area contributed by atoms with Gasteiger partial charge in [-0.05, 0) is 29.1 Å². The van der Waals surface area contributed by atoms with Crippen LogP contribution in [0.4, 0.5) is 0 Å². The largest absolute Gasteiger partial charge is 0.454 e. The number of thiophene rings is 1. The lowest BCUT2D eigenvalue weighted by Gasteiger charge is -2.35. The highest BCUT2D eigenvalue weighted by molar-refractivity contribution is 9.10. The molecule has 116 valence electrons. The van der Waals surface area contributed by atoms with Crippen molar-refractivity contribution in [3.63, 3.8) is 0 Å². The van der Waals surface area contributed by atoms with Gasteiger partial charge in [0.05, 0.1) is 6.04 Å². The van der Waals surface area contributed by atoms with E-state index in [9.17, 15) is 0 Å². The van der Waals surface area contributed by atoms with Crippen molar-refractivity contribution in [2.45, 2.75) is 6.04 Å². The predicted molar refractivity (Wildman–Crippen MR) is 90.9 cm³/mol. The van der Waals surface area contributed by atoms with Crippen molar-refractivity contribution < 1.29 is 9.47 Å². The summed E-state index contributed by atoms with van der Waals surface area (Å²) < 4.78 is 12.1. The Labute approximate surface area is 142 Å². The zero-order valence-corrected chi connectivity index (χ0v) is 14.5. The standard InChI is InChI=1S/C16H17BrN2O2S/c17-12-9-14-13(20-10-21-14)8-11(12)16(15-2-1-7-22-15)19-5-3-18-4-6-19/h1-2,7-9,16,18H,3-6,10H2/t16-/m0/s1. The number of benzene rings is 1. The second-order valence-corrected chi connectivity index (χ2v) is 7.26. The molecule has 0 aliphatic carbocycles. The summed E-state index contributed by atoms with van der Waals surface area (Å²) in [5.41, 5.74) is 1.24. The summed E-state index contributed by atoms with van der Waals surface area (Å²) in [6.07, 6.45) is 0. The van der Waals surface area contributed by atoms with Gasteiger partial charge in [0.2, 0.25) is 6.79 Å². The lowest BCUT2D eigenvalue weighted by Crippen LogP contribution is -2.45. The van der Waals surface area contributed by atoms with Gasteiger partial charge in [0, 0.05) is 35.5 Å². The topological polar surface area (TPSA) is 33.7 Å². The molecule has 1 fully saturated rings. The molecule has 4 rings (SSSR count). The van der Waals surface area contributed by atoms with Crippen LogP contribution < -0.4 is 14.8 Å². The summed E-state index contributed by atoms with van der Waals surface area (Å²) in [4.78, 5) is 3.89. The Morgan fingerprint density at radius 2 is 1.95 bits per heavy atom. The van der Waals surface area contributed by atoms with Crippen LogP contribution in [0.25, 0.3) is 0 Å². The van der Waals surface area contributed by atoms with E-state index in [4.69, 9.17) is 9.47 Å². The minimum Gasteiger partial charge on any atom is -0.454 e. The van der Waals surface area contributed by atoms with E-state index in [-0.39, 0.29) is 6.04 Å². The third kappa shape index (κ3) is 2.65. The molecule has 0 unspecified atom stereocenters. The van der Waals surface area contributed by atoms with Crippen LogP contribution in [0.3, 0.4) is 0 Å². The van der Waals surface area contributed by atoms with Crippen molar-refractivity contribution in [3.05, 3.63) is 44.6 Å². The van der Waals surface area contributed by atoms with E-state index in [1.54, 1.807) is 11.3 Å². The maximum absolute atomic E-state index is 5.58. The maximum atomic E-state index is 5.58. The number of hydrogen-bond acceptors (Lipinski definition) is 5. The number of rotatable bonds is 3. The average Bonchev–Trinajstić information content (AvgIpc) is 3.20. The zero-order valence-electron chi connectivity index (χ0n) is 12.0. The highest BCUT2D eigenvalue weighted by Crippen LogP contribution is 2.43. The molecule has 0 radical (unpaired) electrons. The summed E-state index contributed by atoms with van der Waals surface area (Å²) >= 11 is 5.54. The third-order valence-corrected chi connectivity index (χ3v) is 5.73. The van der Waals surface area contributed by atoms with E-state index in [1.165, 1.54) is 10.4 Å². The molecule has 22 heavy (non-hydrogen) atoms. The lowest BCUT2D eigenvalue weighted by molar-refractivity contribution is 0.173. The molecule has 6 heteroatoms. The molecule has 0 spiro atoms. The lowest BCUT2D eigenvalue weighted by atomic mass is 10.0. The van der Waals surface area contributed by atoms with Crippen LogP contribution >= 0.6 is 27.3 Å². The van der Waals surface area contributed by atoms with E-state index in [1.807, 2.05) is 6.07 Å². The number of ether oxygens (including phenoxy) is 2. The average molecular weight is 381 g/mol. The normalized spacial score (nSPS) is 19.3. The fraction of sp³-hybridized carbons (Fsp3) is 0.375. The van der Waals surface area contributed by atoms with E-state index in [0.29, 0.717) is 6.79 Å². The van der Waals surface area contributed by atoms with Crippen LogP contribution in [-0.4, -0.2) is 37.9 Å². The van der Waals surface area contributed by atoms with Gasteiger partial charge in [0.15, 0.2) is 11.5 Å². The van der Waals surface area contributed by atoms with E-state index in [2.05, 4.69) is 49.7 Å². The molecule has 0 saturated carbocycles. The fourth-order valence-corrected chi connectivity index (χ4v) is 4.48. The Kier molecular flexibility index (Phi) is 4.09. The fourth-order valence-electron chi connectivity index (χ4n) is 3.06. The van der Waals surface area contributed by atoms with Gasteiger partial charge in [0.25, 0.3) is 0 Å². The number of halogens is 1. The summed E-state index contributed by atoms with van der Waals surface area (Å²) in [6, 6.07) is 8.75. The van der Waals surface area contributed by atoms with Crippen molar-refractivity contribution >= 4 is 27.3 Å². The molecule has 2 aromatic rings. The van der Waals surface area contributed by atoms with Crippen LogP contribution in [0.5, 0.6) is 11.5 Å². The Morgan fingerprint density at radius 1 is 1.18 bits per heavy atom. The van der Waals surface area contributed by atoms with Crippen LogP contribution in [0, 0.1) is 0 Å². The second kappa shape index (κ2) is 6.20. The van der Waals surface area contributed by atoms with Gasteiger partial charge >= 0.3 is 0 Å². The van der Waals surface area contributed by atoms with Crippen molar-refractivity contribution in [1.82, 2.24) is 10.2 Å². The first-order valence-corrected chi connectivity index (χ1v) is 9.07. The smallest absolute Gasteiger partial charge is 0.231 e. The highest BCUT2D eigenvalue weighted by Gasteiger charge is 2.28. The maximum Gasteiger partial charge on any atom is 0.231 e. The monoisotopic (exact) mass is 380 g/mol. The molecule has 1 aromatic heterocycles. The first-order valence-electron chi connectivity index (χ1n) is 7.40. The van der Waals surface area contributed by atoms with Crippen molar-refractivity contribution in [2.75, 3.05) is 33.0 Å². The van der Waals surface area contributed by atoms with Crippen LogP contribution in [0.2, 0.25) is 0 Å². The second-order valence-electron chi connectivity index (χ2n) is 5.43. The van der Waals surface area contributed by atoms with Crippen LogP contribution in [0.15, 0.2) is 34.1 Å². The number of fused-ring (bicyclic) bond motifs is 1. The summed E-state index contributed by atoms with van der Waals surface area (Å²) in [7, 11) is 0. The molecule has 2 aliphatic rings. The van der Waals surface area contributed by atoms with Gasteiger partial charge in [-0.25, -0.2) is 0 Å². The van der Waals surface area contributed by atoms with E-state index >= 15 is 0 Å². The van der Waals surface area contributed by atoms with Crippen LogP contribution in [0.1, 0.15) is 16.5 Å². The van der Waals surface area contributed by atoms with Gasteiger partial charge in [-0.3, -0.25) is 4.90 Å². The van der Waals surface area contributed by atoms with Crippen LogP contribution in [-0.2, 0) is 0 Å². The zero-order chi connectivity index (χ0) is 14.9. The number of hydrogen-bond donors (Lipinski definition) is 1. The molecule has 0 amide bonds. The first-order chi connectivity index (χ1) is 10.8. The molecular weight excluding hydrogens is 364 g/mol. The highest BCUT2D eigenvalue weighted by atomic mass is 79.9. The van der Waals surface area contributed by atoms with Crippen molar-refractivity contribution in [2.24, 2.45) is 0 Å².